The van der Waals surface area contributed by atoms with Crippen molar-refractivity contribution in [1.29, 1.82) is 0 Å². The lowest BCUT2D eigenvalue weighted by Crippen LogP contribution is -2.39. The third-order valence-corrected chi connectivity index (χ3v) is 8.30. The molecule has 0 N–H and O–H groups in total. The van der Waals surface area contributed by atoms with Gasteiger partial charge in [-0.05, 0) is 52.8 Å². The molecule has 4 rings (SSSR count). The number of hydrogen-bond donors (Lipinski definition) is 0. The summed E-state index contributed by atoms with van der Waals surface area (Å²) >= 11 is 0. The van der Waals surface area contributed by atoms with Gasteiger partial charge >= 0.3 is 0 Å². The van der Waals surface area contributed by atoms with E-state index in [1.807, 2.05) is 6.07 Å². The van der Waals surface area contributed by atoms with Crippen LogP contribution in [0.4, 0.5) is 0 Å². The summed E-state index contributed by atoms with van der Waals surface area (Å²) < 4.78 is 18.8. The van der Waals surface area contributed by atoms with E-state index in [1.54, 1.807) is 0 Å². The molecule has 1 saturated heterocycles. The van der Waals surface area contributed by atoms with Crippen LogP contribution in [0.1, 0.15) is 101 Å². The summed E-state index contributed by atoms with van der Waals surface area (Å²) in [5.74, 6) is 0.856. The highest BCUT2D eigenvalue weighted by molar-refractivity contribution is 5.51. The molecule has 0 aromatic heterocycles. The number of benzene rings is 2. The summed E-state index contributed by atoms with van der Waals surface area (Å²) in [7, 11) is 0. The molecule has 2 aliphatic rings. The molecule has 1 heterocycles. The van der Waals surface area contributed by atoms with Crippen molar-refractivity contribution in [2.45, 2.75) is 102 Å². The van der Waals surface area contributed by atoms with Crippen LogP contribution in [0.2, 0.25) is 0 Å². The van der Waals surface area contributed by atoms with Gasteiger partial charge in [0.2, 0.25) is 0 Å². The molecule has 1 aliphatic heterocycles. The first kappa shape index (κ1) is 26.9. The monoisotopic (exact) mass is 492 g/mol. The van der Waals surface area contributed by atoms with Gasteiger partial charge in [0.1, 0.15) is 18.6 Å². The van der Waals surface area contributed by atoms with Gasteiger partial charge < -0.3 is 19.0 Å². The Hall–Kier alpha value is -2.17. The quantitative estimate of drug-likeness (QED) is 0.225. The fourth-order valence-electron chi connectivity index (χ4n) is 6.00. The van der Waals surface area contributed by atoms with Gasteiger partial charge in [0, 0.05) is 19.3 Å². The minimum Gasteiger partial charge on any atom is -0.489 e. The first-order valence-corrected chi connectivity index (χ1v) is 14.0. The molecule has 1 saturated carbocycles. The number of hydrogen-bond acceptors (Lipinski definition) is 4. The average Bonchev–Trinajstić information content (AvgIpc) is 3.35. The second-order valence-corrected chi connectivity index (χ2v) is 11.3. The van der Waals surface area contributed by atoms with E-state index >= 15 is 0 Å². The molecule has 1 aliphatic carbocycles. The number of carbonyl (C=O) groups excluding carboxylic acids is 1. The Morgan fingerprint density at radius 3 is 2.56 bits per heavy atom. The van der Waals surface area contributed by atoms with Gasteiger partial charge in [-0.3, -0.25) is 0 Å². The van der Waals surface area contributed by atoms with Crippen molar-refractivity contribution in [2.75, 3.05) is 13.2 Å². The topological polar surface area (TPSA) is 44.8 Å². The Bertz CT molecular complexity index is 961. The van der Waals surface area contributed by atoms with Crippen molar-refractivity contribution >= 4 is 6.29 Å². The van der Waals surface area contributed by atoms with E-state index < -0.39 is 5.79 Å². The molecule has 0 radical (unpaired) electrons. The second kappa shape index (κ2) is 12.4. The van der Waals surface area contributed by atoms with Crippen LogP contribution < -0.4 is 4.74 Å². The van der Waals surface area contributed by atoms with Crippen molar-refractivity contribution < 1.29 is 19.0 Å². The lowest BCUT2D eigenvalue weighted by atomic mass is 9.70. The Labute approximate surface area is 217 Å². The minimum absolute atomic E-state index is 0.0742. The van der Waals surface area contributed by atoms with Crippen LogP contribution in [0.25, 0.3) is 0 Å². The van der Waals surface area contributed by atoms with Gasteiger partial charge in [-0.25, -0.2) is 0 Å². The van der Waals surface area contributed by atoms with E-state index in [9.17, 15) is 4.79 Å². The minimum atomic E-state index is -0.516. The fourth-order valence-corrected chi connectivity index (χ4v) is 6.00. The maximum Gasteiger partial charge on any atom is 0.169 e. The second-order valence-electron chi connectivity index (χ2n) is 11.3. The molecular formula is C32H44O4. The SMILES string of the molecule is CCCCCCC(C)(C)c1ccc([C@H]2CC3(CC[C@@H]2CC=O)OCCO3)c(OCc2ccccc2)c1. The molecule has 0 bridgehead atoms. The highest BCUT2D eigenvalue weighted by Gasteiger charge is 2.46. The molecule has 4 nitrogen and oxygen atoms in total. The van der Waals surface area contributed by atoms with Crippen LogP contribution in [-0.4, -0.2) is 25.3 Å². The van der Waals surface area contributed by atoms with Crippen molar-refractivity contribution in [1.82, 2.24) is 0 Å². The van der Waals surface area contributed by atoms with Crippen LogP contribution >= 0.6 is 0 Å². The largest absolute Gasteiger partial charge is 0.489 e. The predicted octanol–water partition coefficient (Wildman–Crippen LogP) is 7.73. The zero-order valence-electron chi connectivity index (χ0n) is 22.5. The molecule has 2 fully saturated rings. The van der Waals surface area contributed by atoms with Crippen molar-refractivity contribution in [3.63, 3.8) is 0 Å². The van der Waals surface area contributed by atoms with E-state index in [0.29, 0.717) is 26.2 Å². The summed E-state index contributed by atoms with van der Waals surface area (Å²) in [5.41, 5.74) is 3.72. The molecule has 36 heavy (non-hydrogen) atoms. The van der Waals surface area contributed by atoms with Gasteiger partial charge in [-0.15, -0.1) is 0 Å². The van der Waals surface area contributed by atoms with E-state index in [1.165, 1.54) is 36.8 Å². The highest BCUT2D eigenvalue weighted by atomic mass is 16.7. The highest BCUT2D eigenvalue weighted by Crippen LogP contribution is 2.50. The van der Waals surface area contributed by atoms with Gasteiger partial charge in [-0.2, -0.15) is 0 Å². The summed E-state index contributed by atoms with van der Waals surface area (Å²) in [5, 5.41) is 0. The average molecular weight is 493 g/mol. The number of ether oxygens (including phenoxy) is 3. The summed E-state index contributed by atoms with van der Waals surface area (Å²) in [6.45, 7) is 8.77. The maximum atomic E-state index is 11.6. The van der Waals surface area contributed by atoms with E-state index in [2.05, 4.69) is 63.2 Å². The molecule has 2 atom stereocenters. The van der Waals surface area contributed by atoms with Gasteiger partial charge in [0.05, 0.1) is 13.2 Å². The standard InChI is InChI=1S/C32H44O4/c1-4-5-6-10-17-31(2,3)27-13-14-28(30(22-27)34-24-25-11-8-7-9-12-25)29-23-32(35-20-21-36-32)18-15-26(29)16-19-33/h7-9,11-14,19,22,26,29H,4-6,10,15-18,20-21,23-24H2,1-3H3/t26-,29+/m1/s1. The molecule has 196 valence electrons. The molecule has 4 heteroatoms. The van der Waals surface area contributed by atoms with Crippen LogP contribution in [0, 0.1) is 5.92 Å². The van der Waals surface area contributed by atoms with E-state index in [4.69, 9.17) is 14.2 Å². The first-order chi connectivity index (χ1) is 17.5. The number of unbranched alkanes of at least 4 members (excludes halogenated alkanes) is 3. The maximum absolute atomic E-state index is 11.6. The molecule has 2 aromatic carbocycles. The zero-order valence-corrected chi connectivity index (χ0v) is 22.5. The number of carbonyl (C=O) groups is 1. The van der Waals surface area contributed by atoms with Crippen LogP contribution in [0.5, 0.6) is 5.75 Å². The first-order valence-electron chi connectivity index (χ1n) is 14.0. The number of rotatable bonds is 12. The molecule has 0 unspecified atom stereocenters. The smallest absolute Gasteiger partial charge is 0.169 e. The van der Waals surface area contributed by atoms with Crippen molar-refractivity contribution in [3.05, 3.63) is 65.2 Å². The fraction of sp³-hybridized carbons (Fsp3) is 0.594. The van der Waals surface area contributed by atoms with E-state index in [-0.39, 0.29) is 17.3 Å². The Morgan fingerprint density at radius 2 is 1.83 bits per heavy atom. The van der Waals surface area contributed by atoms with Gasteiger partial charge in [0.15, 0.2) is 5.79 Å². The van der Waals surface area contributed by atoms with Crippen LogP contribution in [-0.2, 0) is 26.3 Å². The predicted molar refractivity (Wildman–Crippen MR) is 144 cm³/mol. The Kier molecular flexibility index (Phi) is 9.25. The summed E-state index contributed by atoms with van der Waals surface area (Å²) in [6, 6.07) is 17.2. The lowest BCUT2D eigenvalue weighted by molar-refractivity contribution is -0.187. The van der Waals surface area contributed by atoms with E-state index in [0.717, 1.165) is 43.3 Å². The van der Waals surface area contributed by atoms with Gasteiger partial charge in [-0.1, -0.05) is 88.9 Å². The molecular weight excluding hydrogens is 448 g/mol. The molecule has 1 spiro atoms. The van der Waals surface area contributed by atoms with Crippen LogP contribution in [0.3, 0.4) is 0 Å². The number of aldehydes is 1. The van der Waals surface area contributed by atoms with Crippen molar-refractivity contribution in [3.8, 4) is 5.75 Å². The molecule has 2 aromatic rings. The summed E-state index contributed by atoms with van der Waals surface area (Å²) in [6.07, 6.45) is 10.4. The normalized spacial score (nSPS) is 21.5. The lowest BCUT2D eigenvalue weighted by Gasteiger charge is -2.41. The van der Waals surface area contributed by atoms with Gasteiger partial charge in [0.25, 0.3) is 0 Å². The Balaban J connectivity index is 1.64. The van der Waals surface area contributed by atoms with Crippen molar-refractivity contribution in [2.24, 2.45) is 5.92 Å². The molecule has 0 amide bonds. The Morgan fingerprint density at radius 1 is 1.06 bits per heavy atom. The van der Waals surface area contributed by atoms with Crippen LogP contribution in [0.15, 0.2) is 48.5 Å². The zero-order chi connectivity index (χ0) is 25.4. The third kappa shape index (κ3) is 6.58. The summed E-state index contributed by atoms with van der Waals surface area (Å²) in [4.78, 5) is 11.6. The third-order valence-electron chi connectivity index (χ3n) is 8.30.